The van der Waals surface area contributed by atoms with Crippen molar-refractivity contribution in [2.45, 2.75) is 39.3 Å². The zero-order chi connectivity index (χ0) is 34.4. The molecule has 12 rings (SSSR count). The smallest absolute Gasteiger partial charge is 0.249 e. The Morgan fingerprint density at radius 3 is 2.12 bits per heavy atom. The number of anilines is 3. The molecular formula is C45H31B2N3S2. The normalized spacial score (nSPS) is 14.1. The zero-order valence-electron chi connectivity index (χ0n) is 28.7. The summed E-state index contributed by atoms with van der Waals surface area (Å²) in [6.45, 7) is 5.02. The topological polar surface area (TPSA) is 43.0 Å². The van der Waals surface area contributed by atoms with Crippen molar-refractivity contribution < 1.29 is 0 Å². The Kier molecular flexibility index (Phi) is 5.89. The highest BCUT2D eigenvalue weighted by Gasteiger charge is 2.45. The molecule has 0 amide bonds. The van der Waals surface area contributed by atoms with E-state index in [0.717, 1.165) is 16.8 Å². The van der Waals surface area contributed by atoms with Crippen LogP contribution in [0.25, 0.3) is 38.6 Å². The number of nitrogens with one attached hydrogen (secondary N) is 1. The lowest BCUT2D eigenvalue weighted by molar-refractivity contribution is 0.821. The third-order valence-electron chi connectivity index (χ3n) is 11.8. The first-order valence-corrected chi connectivity index (χ1v) is 19.8. The Hall–Kier alpha value is -5.23. The van der Waals surface area contributed by atoms with E-state index in [4.69, 9.17) is 5.73 Å². The van der Waals surface area contributed by atoms with Crippen LogP contribution in [0.1, 0.15) is 25.3 Å². The van der Waals surface area contributed by atoms with Crippen LogP contribution in [0.3, 0.4) is 0 Å². The van der Waals surface area contributed by atoms with Crippen molar-refractivity contribution in [3.8, 4) is 16.8 Å². The lowest BCUT2D eigenvalue weighted by Gasteiger charge is -2.39. The molecule has 0 aliphatic carbocycles. The van der Waals surface area contributed by atoms with Crippen LogP contribution in [-0.2, 0) is 0 Å². The predicted octanol–water partition coefficient (Wildman–Crippen LogP) is 7.49. The number of nitrogens with zero attached hydrogens (tertiary/aromatic N) is 1. The van der Waals surface area contributed by atoms with Gasteiger partial charge in [-0.15, -0.1) is 0 Å². The van der Waals surface area contributed by atoms with Gasteiger partial charge in [0.25, 0.3) is 0 Å². The SMILES string of the molecule is CC(C)c1c2c(cc3c1Sc1ccc4c5ccccc5n5c4c1B3c1ccccc1-5)B1c3ccccc3Nc3c(-c4ccccc4N)ccc(c31)S2. The summed E-state index contributed by atoms with van der Waals surface area (Å²) >= 11 is 3.96. The number of nitrogens with two attached hydrogens (primary N) is 1. The minimum atomic E-state index is 0.0962. The third-order valence-corrected chi connectivity index (χ3v) is 14.3. The van der Waals surface area contributed by atoms with Crippen LogP contribution in [-0.4, -0.2) is 18.0 Å². The van der Waals surface area contributed by atoms with E-state index in [1.165, 1.54) is 96.8 Å². The second-order valence-corrected chi connectivity index (χ2v) is 16.9. The first kappa shape index (κ1) is 29.4. The molecule has 3 nitrogen and oxygen atoms in total. The lowest BCUT2D eigenvalue weighted by atomic mass is 9.31. The van der Waals surface area contributed by atoms with E-state index in [2.05, 4.69) is 139 Å². The van der Waals surface area contributed by atoms with Crippen molar-refractivity contribution in [3.05, 3.63) is 133 Å². The number of nitrogen functional groups attached to an aromatic ring is 1. The largest absolute Gasteiger partial charge is 0.398 e. The number of fused-ring (bicyclic) bond motifs is 12. The lowest BCUT2D eigenvalue weighted by Crippen LogP contribution is -2.63. The quantitative estimate of drug-likeness (QED) is 0.145. The molecule has 8 aromatic rings. The molecule has 3 N–H and O–H groups in total. The minimum absolute atomic E-state index is 0.0962. The first-order valence-electron chi connectivity index (χ1n) is 18.2. The molecule has 52 heavy (non-hydrogen) atoms. The Bertz CT molecular complexity index is 2910. The van der Waals surface area contributed by atoms with Gasteiger partial charge in [-0.2, -0.15) is 0 Å². The van der Waals surface area contributed by atoms with Crippen molar-refractivity contribution in [1.29, 1.82) is 0 Å². The van der Waals surface area contributed by atoms with Crippen molar-refractivity contribution in [1.82, 2.24) is 4.57 Å². The van der Waals surface area contributed by atoms with Gasteiger partial charge in [-0.05, 0) is 69.7 Å². The second kappa shape index (κ2) is 10.4. The van der Waals surface area contributed by atoms with Gasteiger partial charge < -0.3 is 15.6 Å². The van der Waals surface area contributed by atoms with E-state index in [1.807, 2.05) is 35.7 Å². The molecule has 244 valence electrons. The van der Waals surface area contributed by atoms with Gasteiger partial charge in [-0.3, -0.25) is 0 Å². The molecule has 7 aromatic carbocycles. The monoisotopic (exact) mass is 699 g/mol. The maximum absolute atomic E-state index is 6.65. The Labute approximate surface area is 311 Å². The van der Waals surface area contributed by atoms with Crippen LogP contribution in [0.4, 0.5) is 17.1 Å². The zero-order valence-corrected chi connectivity index (χ0v) is 30.3. The van der Waals surface area contributed by atoms with Gasteiger partial charge in [0.05, 0.1) is 11.0 Å². The molecule has 0 fully saturated rings. The Morgan fingerprint density at radius 2 is 1.29 bits per heavy atom. The summed E-state index contributed by atoms with van der Waals surface area (Å²) in [5, 5.41) is 6.58. The molecule has 0 saturated carbocycles. The number of rotatable bonds is 2. The van der Waals surface area contributed by atoms with Gasteiger partial charge >= 0.3 is 0 Å². The summed E-state index contributed by atoms with van der Waals surface area (Å²) in [7, 11) is 0. The molecular weight excluding hydrogens is 668 g/mol. The third kappa shape index (κ3) is 3.68. The van der Waals surface area contributed by atoms with Crippen LogP contribution in [0, 0.1) is 0 Å². The van der Waals surface area contributed by atoms with E-state index < -0.39 is 0 Å². The molecule has 0 unspecified atom stereocenters. The number of benzene rings is 7. The van der Waals surface area contributed by atoms with Gasteiger partial charge in [0.15, 0.2) is 0 Å². The van der Waals surface area contributed by atoms with Crippen molar-refractivity contribution >= 4 is 109 Å². The Balaban J connectivity index is 1.18. The fraction of sp³-hybridized carbons (Fsp3) is 0.0667. The molecule has 4 aliphatic heterocycles. The van der Waals surface area contributed by atoms with Crippen LogP contribution in [0.5, 0.6) is 0 Å². The molecule has 5 heterocycles. The van der Waals surface area contributed by atoms with E-state index in [1.54, 1.807) is 0 Å². The standard InChI is InChI=1S/C45H31B2N3S2/c1-24(2)39-44-31(46-29-13-5-8-16-34(29)49-42-27(19-21-37(51-44)40(42)46)25-11-3-7-15-33(25)48)23-32-45(39)52-38-22-20-28-26-12-4-9-17-35(26)50-36-18-10-6-14-30(36)47(32)41(38)43(28)50/h3-24,49H,48H2,1-2H3. The van der Waals surface area contributed by atoms with Crippen molar-refractivity contribution in [2.75, 3.05) is 11.1 Å². The van der Waals surface area contributed by atoms with E-state index >= 15 is 0 Å². The fourth-order valence-electron chi connectivity index (χ4n) is 9.76. The highest BCUT2D eigenvalue weighted by Crippen LogP contribution is 2.47. The van der Waals surface area contributed by atoms with Crippen molar-refractivity contribution in [2.24, 2.45) is 0 Å². The minimum Gasteiger partial charge on any atom is -0.398 e. The highest BCUT2D eigenvalue weighted by molar-refractivity contribution is 8.01. The van der Waals surface area contributed by atoms with E-state index in [9.17, 15) is 0 Å². The fourth-order valence-corrected chi connectivity index (χ4v) is 12.7. The van der Waals surface area contributed by atoms with Crippen LogP contribution in [0.2, 0.25) is 0 Å². The number of hydrogen-bond donors (Lipinski definition) is 2. The summed E-state index contributed by atoms with van der Waals surface area (Å²) < 4.78 is 2.54. The molecule has 1 aromatic heterocycles. The maximum Gasteiger partial charge on any atom is 0.249 e. The molecule has 0 bridgehead atoms. The van der Waals surface area contributed by atoms with E-state index in [0.29, 0.717) is 5.92 Å². The predicted molar refractivity (Wildman–Crippen MR) is 225 cm³/mol. The number of para-hydroxylation sites is 4. The van der Waals surface area contributed by atoms with Crippen molar-refractivity contribution in [3.63, 3.8) is 0 Å². The Morgan fingerprint density at radius 1 is 0.615 bits per heavy atom. The van der Waals surface area contributed by atoms with Crippen LogP contribution in [0.15, 0.2) is 147 Å². The summed E-state index contributed by atoms with van der Waals surface area (Å²) in [5.41, 5.74) is 25.8. The van der Waals surface area contributed by atoms with E-state index in [-0.39, 0.29) is 13.4 Å². The number of hydrogen-bond acceptors (Lipinski definition) is 4. The highest BCUT2D eigenvalue weighted by atomic mass is 32.2. The van der Waals surface area contributed by atoms with Crippen LogP contribution >= 0.6 is 23.5 Å². The molecule has 7 heteroatoms. The molecule has 0 spiro atoms. The maximum atomic E-state index is 6.65. The molecule has 4 aliphatic rings. The van der Waals surface area contributed by atoms with Gasteiger partial charge in [0.2, 0.25) is 13.4 Å². The van der Waals surface area contributed by atoms with Gasteiger partial charge in [-0.25, -0.2) is 0 Å². The summed E-state index contributed by atoms with van der Waals surface area (Å²) in [6.07, 6.45) is 0. The van der Waals surface area contributed by atoms with Gasteiger partial charge in [0.1, 0.15) is 0 Å². The molecule has 0 atom stereocenters. The average molecular weight is 700 g/mol. The molecule has 0 radical (unpaired) electrons. The average Bonchev–Trinajstić information content (AvgIpc) is 3.51. The second-order valence-electron chi connectivity index (χ2n) is 14.8. The summed E-state index contributed by atoms with van der Waals surface area (Å²) in [6, 6.07) is 47.3. The van der Waals surface area contributed by atoms with Gasteiger partial charge in [0, 0.05) is 64.2 Å². The summed E-state index contributed by atoms with van der Waals surface area (Å²) in [4.78, 5) is 5.57. The number of aromatic nitrogens is 1. The van der Waals surface area contributed by atoms with Crippen LogP contribution < -0.4 is 43.8 Å². The van der Waals surface area contributed by atoms with Gasteiger partial charge in [-0.1, -0.05) is 139 Å². The first-order chi connectivity index (χ1) is 25.6. The molecule has 0 saturated heterocycles. The summed E-state index contributed by atoms with van der Waals surface area (Å²) in [5.74, 6) is 0.348.